The number of hydrogen-bond acceptors (Lipinski definition) is 4. The van der Waals surface area contributed by atoms with Crippen molar-refractivity contribution in [2.45, 2.75) is 31.1 Å². The molecule has 0 saturated heterocycles. The molecule has 6 heteroatoms. The maximum absolute atomic E-state index is 13.6. The molecule has 2 aromatic rings. The summed E-state index contributed by atoms with van der Waals surface area (Å²) >= 11 is 0. The molecule has 1 fully saturated rings. The van der Waals surface area contributed by atoms with Crippen LogP contribution in [0, 0.1) is 5.82 Å². The zero-order valence-corrected chi connectivity index (χ0v) is 14.4. The van der Waals surface area contributed by atoms with E-state index in [0.29, 0.717) is 24.0 Å². The molecule has 1 aromatic heterocycles. The lowest BCUT2D eigenvalue weighted by Gasteiger charge is -2.27. The fourth-order valence-electron chi connectivity index (χ4n) is 3.43. The van der Waals surface area contributed by atoms with Gasteiger partial charge in [-0.05, 0) is 42.7 Å². The van der Waals surface area contributed by atoms with Crippen LogP contribution in [0.5, 0.6) is 0 Å². The Morgan fingerprint density at radius 1 is 1.15 bits per heavy atom. The molecule has 1 N–H and O–H groups in total. The van der Waals surface area contributed by atoms with Gasteiger partial charge in [-0.1, -0.05) is 25.0 Å². The van der Waals surface area contributed by atoms with Gasteiger partial charge in [-0.15, -0.1) is 0 Å². The van der Waals surface area contributed by atoms with Crippen molar-refractivity contribution >= 4 is 11.9 Å². The Labute approximate surface area is 151 Å². The molecule has 5 nitrogen and oxygen atoms in total. The van der Waals surface area contributed by atoms with E-state index in [1.54, 1.807) is 24.3 Å². The van der Waals surface area contributed by atoms with Gasteiger partial charge in [0.05, 0.1) is 12.0 Å². The number of carbonyl (C=O) groups is 2. The van der Waals surface area contributed by atoms with Crippen LogP contribution in [0.3, 0.4) is 0 Å². The van der Waals surface area contributed by atoms with E-state index in [-0.39, 0.29) is 30.8 Å². The highest BCUT2D eigenvalue weighted by molar-refractivity contribution is 5.94. The van der Waals surface area contributed by atoms with E-state index >= 15 is 0 Å². The van der Waals surface area contributed by atoms with Crippen molar-refractivity contribution in [3.05, 3.63) is 65.7 Å². The number of ether oxygens (including phenoxy) is 1. The normalized spacial score (nSPS) is 15.4. The summed E-state index contributed by atoms with van der Waals surface area (Å²) in [5.41, 5.74) is 0.385. The number of nitrogens with zero attached hydrogens (tertiary/aromatic N) is 1. The smallest absolute Gasteiger partial charge is 0.316 e. The lowest BCUT2D eigenvalue weighted by Crippen LogP contribution is -2.37. The third kappa shape index (κ3) is 3.90. The highest BCUT2D eigenvalue weighted by atomic mass is 19.1. The number of amides is 1. The van der Waals surface area contributed by atoms with Gasteiger partial charge in [0.1, 0.15) is 12.4 Å². The van der Waals surface area contributed by atoms with Gasteiger partial charge < -0.3 is 10.1 Å². The van der Waals surface area contributed by atoms with E-state index in [1.165, 1.54) is 24.5 Å². The quantitative estimate of drug-likeness (QED) is 0.638. The molecule has 0 unspecified atom stereocenters. The summed E-state index contributed by atoms with van der Waals surface area (Å²) in [4.78, 5) is 28.5. The van der Waals surface area contributed by atoms with Crippen LogP contribution >= 0.6 is 0 Å². The minimum atomic E-state index is -0.781. The van der Waals surface area contributed by atoms with Gasteiger partial charge in [0.25, 0.3) is 5.91 Å². The Bertz CT molecular complexity index is 774. The minimum absolute atomic E-state index is 0.0761. The van der Waals surface area contributed by atoms with E-state index in [0.717, 1.165) is 12.8 Å². The average Bonchev–Trinajstić information content (AvgIpc) is 3.17. The van der Waals surface area contributed by atoms with Gasteiger partial charge in [0, 0.05) is 18.0 Å². The number of hydrogen-bond donors (Lipinski definition) is 1. The molecule has 1 aromatic carbocycles. The first kappa shape index (κ1) is 18.0. The van der Waals surface area contributed by atoms with Crippen molar-refractivity contribution in [3.8, 4) is 0 Å². The number of benzene rings is 1. The first-order valence-corrected chi connectivity index (χ1v) is 8.73. The molecule has 0 aliphatic heterocycles. The first-order chi connectivity index (χ1) is 12.6. The number of aromatic nitrogens is 1. The molecule has 0 atom stereocenters. The van der Waals surface area contributed by atoms with Crippen LogP contribution in [-0.2, 0) is 14.9 Å². The Kier molecular flexibility index (Phi) is 5.61. The summed E-state index contributed by atoms with van der Waals surface area (Å²) in [5, 5.41) is 2.70. The van der Waals surface area contributed by atoms with Gasteiger partial charge in [-0.3, -0.25) is 14.6 Å². The van der Waals surface area contributed by atoms with Crippen LogP contribution in [0.1, 0.15) is 41.6 Å². The lowest BCUT2D eigenvalue weighted by molar-refractivity contribution is -0.150. The van der Waals surface area contributed by atoms with Crippen LogP contribution < -0.4 is 5.32 Å². The van der Waals surface area contributed by atoms with Crippen LogP contribution in [-0.4, -0.2) is 30.0 Å². The number of rotatable bonds is 6. The van der Waals surface area contributed by atoms with Crippen LogP contribution in [0.2, 0.25) is 0 Å². The largest absolute Gasteiger partial charge is 0.463 e. The van der Waals surface area contributed by atoms with Crippen molar-refractivity contribution in [3.63, 3.8) is 0 Å². The predicted octanol–water partition coefficient (Wildman–Crippen LogP) is 3.01. The average molecular weight is 356 g/mol. The van der Waals surface area contributed by atoms with Crippen molar-refractivity contribution in [2.75, 3.05) is 13.2 Å². The maximum Gasteiger partial charge on any atom is 0.316 e. The molecule has 0 bridgehead atoms. The van der Waals surface area contributed by atoms with Crippen LogP contribution in [0.25, 0.3) is 0 Å². The molecule has 0 radical (unpaired) electrons. The molecule has 0 spiro atoms. The zero-order chi connectivity index (χ0) is 18.4. The SMILES string of the molecule is O=C(NCCOC(=O)C1(c2cccc(F)c2)CCCC1)c1ccncc1. The molecule has 1 heterocycles. The minimum Gasteiger partial charge on any atom is -0.463 e. The maximum atomic E-state index is 13.6. The molecule has 3 rings (SSSR count). The van der Waals surface area contributed by atoms with Gasteiger partial charge >= 0.3 is 5.97 Å². The Morgan fingerprint density at radius 3 is 2.58 bits per heavy atom. The van der Waals surface area contributed by atoms with E-state index in [2.05, 4.69) is 10.3 Å². The molecular weight excluding hydrogens is 335 g/mol. The molecule has 1 amide bonds. The summed E-state index contributed by atoms with van der Waals surface area (Å²) in [6, 6.07) is 9.40. The van der Waals surface area contributed by atoms with Crippen LogP contribution in [0.15, 0.2) is 48.8 Å². The number of carbonyl (C=O) groups excluding carboxylic acids is 2. The fraction of sp³-hybridized carbons (Fsp3) is 0.350. The van der Waals surface area contributed by atoms with Crippen molar-refractivity contribution < 1.29 is 18.7 Å². The summed E-state index contributed by atoms with van der Waals surface area (Å²) < 4.78 is 19.0. The molecule has 1 aliphatic carbocycles. The van der Waals surface area contributed by atoms with E-state index in [4.69, 9.17) is 4.74 Å². The number of nitrogens with one attached hydrogen (secondary N) is 1. The Balaban J connectivity index is 1.57. The summed E-state index contributed by atoms with van der Waals surface area (Å²) in [7, 11) is 0. The van der Waals surface area contributed by atoms with Crippen molar-refractivity contribution in [1.82, 2.24) is 10.3 Å². The third-order valence-corrected chi connectivity index (χ3v) is 4.79. The number of esters is 1. The van der Waals surface area contributed by atoms with Gasteiger partial charge in [0.15, 0.2) is 0 Å². The number of halogens is 1. The second-order valence-corrected chi connectivity index (χ2v) is 6.43. The topological polar surface area (TPSA) is 68.3 Å². The highest BCUT2D eigenvalue weighted by Crippen LogP contribution is 2.42. The molecule has 1 saturated carbocycles. The van der Waals surface area contributed by atoms with E-state index in [9.17, 15) is 14.0 Å². The Morgan fingerprint density at radius 2 is 1.88 bits per heavy atom. The lowest BCUT2D eigenvalue weighted by atomic mass is 9.79. The zero-order valence-electron chi connectivity index (χ0n) is 14.4. The van der Waals surface area contributed by atoms with E-state index in [1.807, 2.05) is 0 Å². The fourth-order valence-corrected chi connectivity index (χ4v) is 3.43. The third-order valence-electron chi connectivity index (χ3n) is 4.79. The van der Waals surface area contributed by atoms with Crippen molar-refractivity contribution in [1.29, 1.82) is 0 Å². The Hall–Kier alpha value is -2.76. The predicted molar refractivity (Wildman–Crippen MR) is 94.1 cm³/mol. The summed E-state index contributed by atoms with van der Waals surface area (Å²) in [6.07, 6.45) is 6.20. The monoisotopic (exact) mass is 356 g/mol. The van der Waals surface area contributed by atoms with Gasteiger partial charge in [-0.25, -0.2) is 4.39 Å². The van der Waals surface area contributed by atoms with Gasteiger partial charge in [0.2, 0.25) is 0 Å². The van der Waals surface area contributed by atoms with Crippen LogP contribution in [0.4, 0.5) is 4.39 Å². The summed E-state index contributed by atoms with van der Waals surface area (Å²) in [5.74, 6) is -0.950. The molecule has 1 aliphatic rings. The molecule has 136 valence electrons. The standard InChI is InChI=1S/C20H21FN2O3/c21-17-5-3-4-16(14-17)20(8-1-2-9-20)19(25)26-13-12-23-18(24)15-6-10-22-11-7-15/h3-7,10-11,14H,1-2,8-9,12-13H2,(H,23,24). The number of pyridine rings is 1. The van der Waals surface area contributed by atoms with Crippen molar-refractivity contribution in [2.24, 2.45) is 0 Å². The second kappa shape index (κ2) is 8.08. The van der Waals surface area contributed by atoms with Gasteiger partial charge in [-0.2, -0.15) is 0 Å². The molecular formula is C20H21FN2O3. The van der Waals surface area contributed by atoms with E-state index < -0.39 is 5.41 Å². The molecule has 26 heavy (non-hydrogen) atoms. The highest BCUT2D eigenvalue weighted by Gasteiger charge is 2.44. The second-order valence-electron chi connectivity index (χ2n) is 6.43. The first-order valence-electron chi connectivity index (χ1n) is 8.73. The summed E-state index contributed by atoms with van der Waals surface area (Å²) in [6.45, 7) is 0.291.